The Morgan fingerprint density at radius 3 is 2.88 bits per heavy atom. The highest BCUT2D eigenvalue weighted by molar-refractivity contribution is 7.10. The first-order valence-electron chi connectivity index (χ1n) is 5.48. The molecule has 96 valence electrons. The maximum atomic E-state index is 11.2. The van der Waals surface area contributed by atoms with Gasteiger partial charge < -0.3 is 20.6 Å². The molecule has 1 aromatic rings. The molecule has 0 bridgehead atoms. The minimum Gasteiger partial charge on any atom is -0.386 e. The molecule has 5 nitrogen and oxygen atoms in total. The van der Waals surface area contributed by atoms with Gasteiger partial charge in [-0.2, -0.15) is 0 Å². The number of aliphatic hydroxyl groups excluding tert-OH is 1. The number of amides is 2. The number of hydrogen-bond donors (Lipinski definition) is 3. The van der Waals surface area contributed by atoms with Crippen LogP contribution in [-0.2, 0) is 0 Å². The van der Waals surface area contributed by atoms with Crippen LogP contribution in [-0.4, -0.2) is 49.8 Å². The van der Waals surface area contributed by atoms with Gasteiger partial charge in [0, 0.05) is 38.6 Å². The van der Waals surface area contributed by atoms with Gasteiger partial charge in [0.2, 0.25) is 0 Å². The van der Waals surface area contributed by atoms with Gasteiger partial charge in [-0.3, -0.25) is 0 Å². The van der Waals surface area contributed by atoms with Crippen molar-refractivity contribution in [2.24, 2.45) is 0 Å². The van der Waals surface area contributed by atoms with Crippen molar-refractivity contribution in [2.75, 3.05) is 33.7 Å². The molecule has 17 heavy (non-hydrogen) atoms. The van der Waals surface area contributed by atoms with Crippen LogP contribution in [0.4, 0.5) is 4.79 Å². The Morgan fingerprint density at radius 2 is 2.29 bits per heavy atom. The van der Waals surface area contributed by atoms with E-state index < -0.39 is 6.10 Å². The van der Waals surface area contributed by atoms with E-state index in [0.717, 1.165) is 4.88 Å². The highest BCUT2D eigenvalue weighted by Gasteiger charge is 2.07. The number of aliphatic hydroxyl groups is 1. The topological polar surface area (TPSA) is 64.6 Å². The van der Waals surface area contributed by atoms with Crippen LogP contribution < -0.4 is 10.6 Å². The largest absolute Gasteiger partial charge is 0.386 e. The van der Waals surface area contributed by atoms with E-state index in [2.05, 4.69) is 10.6 Å². The molecule has 0 aromatic carbocycles. The van der Waals surface area contributed by atoms with Crippen LogP contribution in [0.5, 0.6) is 0 Å². The number of hydrogen-bond acceptors (Lipinski definition) is 4. The molecule has 0 aliphatic carbocycles. The molecular weight excluding hydrogens is 238 g/mol. The maximum Gasteiger partial charge on any atom is 0.316 e. The lowest BCUT2D eigenvalue weighted by Crippen LogP contribution is -2.39. The monoisotopic (exact) mass is 257 g/mol. The summed E-state index contributed by atoms with van der Waals surface area (Å²) in [6.45, 7) is 1.69. The molecule has 0 saturated carbocycles. The van der Waals surface area contributed by atoms with Gasteiger partial charge in [-0.05, 0) is 11.4 Å². The fourth-order valence-corrected chi connectivity index (χ4v) is 1.95. The van der Waals surface area contributed by atoms with Gasteiger partial charge in [0.1, 0.15) is 6.10 Å². The molecule has 1 heterocycles. The average Bonchev–Trinajstić information content (AvgIpc) is 2.81. The third kappa shape index (κ3) is 5.16. The summed E-state index contributed by atoms with van der Waals surface area (Å²) in [6, 6.07) is 3.72. The summed E-state index contributed by atoms with van der Waals surface area (Å²) >= 11 is 1.54. The fourth-order valence-electron chi connectivity index (χ4n) is 1.24. The van der Waals surface area contributed by atoms with Crippen molar-refractivity contribution in [3.63, 3.8) is 0 Å². The van der Waals surface area contributed by atoms with Crippen molar-refractivity contribution in [3.05, 3.63) is 22.4 Å². The molecule has 1 aromatic heterocycles. The summed E-state index contributed by atoms with van der Waals surface area (Å²) in [5.41, 5.74) is 0. The summed E-state index contributed by atoms with van der Waals surface area (Å²) in [5, 5.41) is 17.5. The third-order valence-electron chi connectivity index (χ3n) is 2.19. The van der Waals surface area contributed by atoms with Crippen molar-refractivity contribution in [2.45, 2.75) is 6.10 Å². The minimum atomic E-state index is -0.473. The summed E-state index contributed by atoms with van der Waals surface area (Å²) in [4.78, 5) is 13.6. The minimum absolute atomic E-state index is 0.106. The lowest BCUT2D eigenvalue weighted by Gasteiger charge is -2.13. The van der Waals surface area contributed by atoms with Gasteiger partial charge in [0.05, 0.1) is 0 Å². The lowest BCUT2D eigenvalue weighted by molar-refractivity contribution is 0.178. The molecule has 1 unspecified atom stereocenters. The van der Waals surface area contributed by atoms with Gasteiger partial charge in [0.25, 0.3) is 0 Å². The first kappa shape index (κ1) is 14.0. The third-order valence-corrected chi connectivity index (χ3v) is 3.17. The summed E-state index contributed by atoms with van der Waals surface area (Å²) in [7, 11) is 3.40. The first-order chi connectivity index (χ1) is 8.11. The van der Waals surface area contributed by atoms with E-state index in [4.69, 9.17) is 0 Å². The number of carbonyl (C=O) groups excluding carboxylic acids is 1. The van der Waals surface area contributed by atoms with Crippen molar-refractivity contribution in [3.8, 4) is 0 Å². The van der Waals surface area contributed by atoms with Gasteiger partial charge >= 0.3 is 6.03 Å². The zero-order valence-electron chi connectivity index (χ0n) is 10.1. The second-order valence-corrected chi connectivity index (χ2v) is 4.84. The van der Waals surface area contributed by atoms with Crippen LogP contribution in [0, 0.1) is 0 Å². The molecule has 0 saturated heterocycles. The predicted molar refractivity (Wildman–Crippen MR) is 69.2 cm³/mol. The Kier molecular flexibility index (Phi) is 5.96. The smallest absolute Gasteiger partial charge is 0.316 e. The SMILES string of the molecule is CN(C)C(=O)NCCNCC(O)c1cccs1. The summed E-state index contributed by atoms with van der Waals surface area (Å²) in [5.74, 6) is 0. The molecule has 0 aliphatic rings. The van der Waals surface area contributed by atoms with Gasteiger partial charge in [-0.15, -0.1) is 11.3 Å². The van der Waals surface area contributed by atoms with E-state index in [1.54, 1.807) is 14.1 Å². The summed E-state index contributed by atoms with van der Waals surface area (Å²) in [6.07, 6.45) is -0.473. The van der Waals surface area contributed by atoms with Crippen LogP contribution in [0.1, 0.15) is 11.0 Å². The molecule has 3 N–H and O–H groups in total. The molecule has 1 atom stereocenters. The quantitative estimate of drug-likeness (QED) is 0.655. The van der Waals surface area contributed by atoms with Crippen LogP contribution in [0.15, 0.2) is 17.5 Å². The summed E-state index contributed by atoms with van der Waals surface area (Å²) < 4.78 is 0. The Labute approximate surface area is 105 Å². The molecule has 0 fully saturated rings. The van der Waals surface area contributed by atoms with E-state index in [1.165, 1.54) is 16.2 Å². The molecule has 0 spiro atoms. The van der Waals surface area contributed by atoms with E-state index in [9.17, 15) is 9.90 Å². The van der Waals surface area contributed by atoms with Crippen LogP contribution in [0.25, 0.3) is 0 Å². The van der Waals surface area contributed by atoms with Crippen molar-refractivity contribution < 1.29 is 9.90 Å². The molecular formula is C11H19N3O2S. The Bertz CT molecular complexity index is 327. The second kappa shape index (κ2) is 7.26. The van der Waals surface area contributed by atoms with Crippen LogP contribution in [0.3, 0.4) is 0 Å². The number of carbonyl (C=O) groups is 1. The zero-order valence-corrected chi connectivity index (χ0v) is 11.0. The van der Waals surface area contributed by atoms with E-state index in [1.807, 2.05) is 17.5 Å². The number of thiophene rings is 1. The molecule has 2 amide bonds. The normalized spacial score (nSPS) is 12.2. The van der Waals surface area contributed by atoms with Crippen molar-refractivity contribution >= 4 is 17.4 Å². The highest BCUT2D eigenvalue weighted by atomic mass is 32.1. The predicted octanol–water partition coefficient (Wildman–Crippen LogP) is 0.642. The Hall–Kier alpha value is -1.11. The van der Waals surface area contributed by atoms with Gasteiger partial charge in [0.15, 0.2) is 0 Å². The van der Waals surface area contributed by atoms with E-state index in [0.29, 0.717) is 19.6 Å². The number of nitrogens with zero attached hydrogens (tertiary/aromatic N) is 1. The molecule has 1 rings (SSSR count). The van der Waals surface area contributed by atoms with E-state index in [-0.39, 0.29) is 6.03 Å². The average molecular weight is 257 g/mol. The van der Waals surface area contributed by atoms with Crippen LogP contribution >= 0.6 is 11.3 Å². The molecule has 0 radical (unpaired) electrons. The van der Waals surface area contributed by atoms with Crippen molar-refractivity contribution in [1.29, 1.82) is 0 Å². The number of rotatable bonds is 6. The first-order valence-corrected chi connectivity index (χ1v) is 6.36. The zero-order chi connectivity index (χ0) is 12.7. The Morgan fingerprint density at radius 1 is 1.53 bits per heavy atom. The highest BCUT2D eigenvalue weighted by Crippen LogP contribution is 2.17. The molecule has 0 aliphatic heterocycles. The standard InChI is InChI=1S/C11H19N3O2S/c1-14(2)11(16)13-6-5-12-8-9(15)10-4-3-7-17-10/h3-4,7,9,12,15H,5-6,8H2,1-2H3,(H,13,16). The fraction of sp³-hybridized carbons (Fsp3) is 0.545. The van der Waals surface area contributed by atoms with E-state index >= 15 is 0 Å². The van der Waals surface area contributed by atoms with Gasteiger partial charge in [-0.25, -0.2) is 4.79 Å². The number of nitrogens with one attached hydrogen (secondary N) is 2. The maximum absolute atomic E-state index is 11.2. The van der Waals surface area contributed by atoms with Gasteiger partial charge in [-0.1, -0.05) is 6.07 Å². The second-order valence-electron chi connectivity index (χ2n) is 3.86. The van der Waals surface area contributed by atoms with Crippen LogP contribution in [0.2, 0.25) is 0 Å². The number of urea groups is 1. The lowest BCUT2D eigenvalue weighted by atomic mass is 10.3. The Balaban J connectivity index is 2.07. The molecule has 6 heteroatoms. The van der Waals surface area contributed by atoms with Crippen molar-refractivity contribution in [1.82, 2.24) is 15.5 Å².